The topological polar surface area (TPSA) is 22.6 Å². The first-order valence-corrected chi connectivity index (χ1v) is 11.0. The average Bonchev–Trinajstić information content (AvgIpc) is 3.08. The Bertz CT molecular complexity index is 600. The lowest BCUT2D eigenvalue weighted by molar-refractivity contribution is 0.0669. The van der Waals surface area contributed by atoms with E-state index >= 15 is 0 Å². The molecule has 25 heavy (non-hydrogen) atoms. The highest BCUT2D eigenvalue weighted by molar-refractivity contribution is 7.16. The van der Waals surface area contributed by atoms with Crippen LogP contribution in [0.4, 0.5) is 5.13 Å². The minimum absolute atomic E-state index is 0.531. The number of halogens is 1. The van der Waals surface area contributed by atoms with Crippen LogP contribution in [-0.2, 0) is 6.54 Å². The first-order valence-electron chi connectivity index (χ1n) is 9.80. The molecule has 2 saturated heterocycles. The molecule has 1 aliphatic carbocycles. The fraction of sp³-hybridized carbons (Fsp3) is 0.842. The second-order valence-electron chi connectivity index (χ2n) is 8.70. The molecule has 1 saturated carbocycles. The highest BCUT2D eigenvalue weighted by Gasteiger charge is 2.41. The Hall–Kier alpha value is -0.360. The normalized spacial score (nSPS) is 28.6. The van der Waals surface area contributed by atoms with E-state index in [1.54, 1.807) is 11.3 Å². The van der Waals surface area contributed by atoms with Gasteiger partial charge in [-0.1, -0.05) is 29.4 Å². The van der Waals surface area contributed by atoms with E-state index in [9.17, 15) is 0 Å². The van der Waals surface area contributed by atoms with Crippen molar-refractivity contribution in [1.82, 2.24) is 14.8 Å². The Kier molecular flexibility index (Phi) is 5.29. The maximum Gasteiger partial charge on any atom is 0.186 e. The molecule has 1 atom stereocenters. The van der Waals surface area contributed by atoms with Gasteiger partial charge in [-0.2, -0.15) is 0 Å². The zero-order valence-corrected chi connectivity index (χ0v) is 17.2. The van der Waals surface area contributed by atoms with Gasteiger partial charge in [-0.05, 0) is 56.5 Å². The number of thiazole rings is 1. The van der Waals surface area contributed by atoms with Gasteiger partial charge in [-0.15, -0.1) is 0 Å². The quantitative estimate of drug-likeness (QED) is 0.768. The fourth-order valence-corrected chi connectivity index (χ4v) is 6.04. The van der Waals surface area contributed by atoms with Crippen molar-refractivity contribution in [3.63, 3.8) is 0 Å². The number of anilines is 1. The van der Waals surface area contributed by atoms with Gasteiger partial charge in [0.05, 0.1) is 4.88 Å². The molecule has 140 valence electrons. The number of hydrogen-bond acceptors (Lipinski definition) is 5. The summed E-state index contributed by atoms with van der Waals surface area (Å²) < 4.78 is 0. The highest BCUT2D eigenvalue weighted by Crippen LogP contribution is 2.41. The van der Waals surface area contributed by atoms with E-state index in [1.165, 1.54) is 76.1 Å². The first kappa shape index (κ1) is 18.0. The number of piperidine rings is 1. The third-order valence-corrected chi connectivity index (χ3v) is 8.02. The van der Waals surface area contributed by atoms with E-state index in [0.717, 1.165) is 17.6 Å². The van der Waals surface area contributed by atoms with E-state index in [1.807, 2.05) is 19.0 Å². The molecule has 6 heteroatoms. The maximum absolute atomic E-state index is 6.39. The third kappa shape index (κ3) is 4.00. The number of rotatable bonds is 5. The standard InChI is InChI=1S/C19H31ClN4S/c1-22(2)18-21-17(20)16(25-18)12-24-10-8-19(14-24)7-4-9-23(13-19)11-15-5-3-6-15/h15H,3-14H2,1-2H3/t19-/m1/s1. The van der Waals surface area contributed by atoms with Crippen LogP contribution in [-0.4, -0.2) is 61.6 Å². The second-order valence-corrected chi connectivity index (χ2v) is 10.1. The van der Waals surface area contributed by atoms with Gasteiger partial charge in [-0.3, -0.25) is 4.90 Å². The first-order chi connectivity index (χ1) is 12.0. The van der Waals surface area contributed by atoms with Crippen LogP contribution in [0.2, 0.25) is 5.15 Å². The average molecular weight is 383 g/mol. The van der Waals surface area contributed by atoms with Crippen LogP contribution < -0.4 is 4.90 Å². The molecule has 0 bridgehead atoms. The summed E-state index contributed by atoms with van der Waals surface area (Å²) in [6.45, 7) is 7.41. The van der Waals surface area contributed by atoms with Gasteiger partial charge < -0.3 is 9.80 Å². The summed E-state index contributed by atoms with van der Waals surface area (Å²) in [5.74, 6) is 0.994. The van der Waals surface area contributed by atoms with Crippen molar-refractivity contribution in [2.45, 2.75) is 45.1 Å². The van der Waals surface area contributed by atoms with Gasteiger partial charge in [-0.25, -0.2) is 4.98 Å². The molecule has 0 amide bonds. The Morgan fingerprint density at radius 2 is 1.96 bits per heavy atom. The van der Waals surface area contributed by atoms with Gasteiger partial charge in [0, 0.05) is 40.3 Å². The molecule has 1 aromatic heterocycles. The van der Waals surface area contributed by atoms with Gasteiger partial charge in [0.1, 0.15) is 5.15 Å². The van der Waals surface area contributed by atoms with Crippen molar-refractivity contribution >= 4 is 28.1 Å². The van der Waals surface area contributed by atoms with Crippen LogP contribution in [0.25, 0.3) is 0 Å². The smallest absolute Gasteiger partial charge is 0.186 e. The SMILES string of the molecule is CN(C)c1nc(Cl)c(CN2CC[C@@]3(CCCN(CC4CCC4)C3)C2)s1. The predicted octanol–water partition coefficient (Wildman–Crippen LogP) is 3.95. The molecule has 4 nitrogen and oxygen atoms in total. The number of hydrogen-bond donors (Lipinski definition) is 0. The molecule has 1 spiro atoms. The molecule has 3 aliphatic rings. The third-order valence-electron chi connectivity index (χ3n) is 6.39. The van der Waals surface area contributed by atoms with Crippen molar-refractivity contribution in [1.29, 1.82) is 0 Å². The summed E-state index contributed by atoms with van der Waals surface area (Å²) >= 11 is 8.13. The molecule has 3 fully saturated rings. The van der Waals surface area contributed by atoms with Gasteiger partial charge in [0.15, 0.2) is 5.13 Å². The van der Waals surface area contributed by atoms with Crippen molar-refractivity contribution < 1.29 is 0 Å². The molecular weight excluding hydrogens is 352 g/mol. The summed E-state index contributed by atoms with van der Waals surface area (Å²) in [5, 5.41) is 1.71. The van der Waals surface area contributed by atoms with Crippen LogP contribution in [0, 0.1) is 11.3 Å². The molecule has 0 radical (unpaired) electrons. The van der Waals surface area contributed by atoms with Crippen molar-refractivity contribution in [2.75, 3.05) is 51.7 Å². The minimum atomic E-state index is 0.531. The van der Waals surface area contributed by atoms with Crippen LogP contribution in [0.15, 0.2) is 0 Å². The molecule has 0 unspecified atom stereocenters. The van der Waals surface area contributed by atoms with Crippen LogP contribution in [0.1, 0.15) is 43.4 Å². The molecule has 2 aliphatic heterocycles. The van der Waals surface area contributed by atoms with Crippen LogP contribution >= 0.6 is 22.9 Å². The van der Waals surface area contributed by atoms with E-state index in [0.29, 0.717) is 10.6 Å². The lowest BCUT2D eigenvalue weighted by Gasteiger charge is -2.43. The van der Waals surface area contributed by atoms with E-state index in [4.69, 9.17) is 11.6 Å². The zero-order valence-electron chi connectivity index (χ0n) is 15.6. The zero-order chi connectivity index (χ0) is 17.4. The van der Waals surface area contributed by atoms with Crippen molar-refractivity contribution in [2.24, 2.45) is 11.3 Å². The van der Waals surface area contributed by atoms with Crippen molar-refractivity contribution in [3.8, 4) is 0 Å². The monoisotopic (exact) mass is 382 g/mol. The minimum Gasteiger partial charge on any atom is -0.354 e. The van der Waals surface area contributed by atoms with Gasteiger partial charge >= 0.3 is 0 Å². The summed E-state index contributed by atoms with van der Waals surface area (Å²) in [4.78, 5) is 13.2. The van der Waals surface area contributed by atoms with Crippen molar-refractivity contribution in [3.05, 3.63) is 10.0 Å². The summed E-state index contributed by atoms with van der Waals surface area (Å²) in [6, 6.07) is 0. The largest absolute Gasteiger partial charge is 0.354 e. The summed E-state index contributed by atoms with van der Waals surface area (Å²) in [5.41, 5.74) is 0.531. The Morgan fingerprint density at radius 1 is 1.16 bits per heavy atom. The lowest BCUT2D eigenvalue weighted by atomic mass is 9.78. The summed E-state index contributed by atoms with van der Waals surface area (Å²) in [6.07, 6.45) is 8.53. The highest BCUT2D eigenvalue weighted by atomic mass is 35.5. The van der Waals surface area contributed by atoms with E-state index in [-0.39, 0.29) is 0 Å². The molecular formula is C19H31ClN4S. The molecule has 1 aromatic rings. The molecule has 0 aromatic carbocycles. The Balaban J connectivity index is 1.35. The van der Waals surface area contributed by atoms with Crippen LogP contribution in [0.3, 0.4) is 0 Å². The molecule has 3 heterocycles. The number of likely N-dealkylation sites (tertiary alicyclic amines) is 2. The van der Waals surface area contributed by atoms with Gasteiger partial charge in [0.2, 0.25) is 0 Å². The second kappa shape index (κ2) is 7.34. The predicted molar refractivity (Wildman–Crippen MR) is 107 cm³/mol. The lowest BCUT2D eigenvalue weighted by Crippen LogP contribution is -2.47. The fourth-order valence-electron chi connectivity index (χ4n) is 4.82. The summed E-state index contributed by atoms with van der Waals surface area (Å²) in [7, 11) is 4.06. The Morgan fingerprint density at radius 3 is 2.64 bits per heavy atom. The van der Waals surface area contributed by atoms with Gasteiger partial charge in [0.25, 0.3) is 0 Å². The van der Waals surface area contributed by atoms with E-state index in [2.05, 4.69) is 14.8 Å². The van der Waals surface area contributed by atoms with Crippen LogP contribution in [0.5, 0.6) is 0 Å². The molecule has 0 N–H and O–H groups in total. The Labute approximate surface area is 161 Å². The maximum atomic E-state index is 6.39. The number of nitrogens with zero attached hydrogens (tertiary/aromatic N) is 4. The molecule has 4 rings (SSSR count). The van der Waals surface area contributed by atoms with E-state index < -0.39 is 0 Å². The number of aromatic nitrogens is 1.